The first-order chi connectivity index (χ1) is 10.0. The van der Waals surface area contributed by atoms with Crippen LogP contribution in [0.15, 0.2) is 16.7 Å². The first-order valence-electron chi connectivity index (χ1n) is 6.40. The Morgan fingerprint density at radius 3 is 2.67 bits per heavy atom. The molecule has 8 heteroatoms. The monoisotopic (exact) mass is 369 g/mol. The van der Waals surface area contributed by atoms with E-state index in [0.717, 1.165) is 24.2 Å². The molecule has 0 saturated carbocycles. The van der Waals surface area contributed by atoms with Crippen molar-refractivity contribution in [3.8, 4) is 0 Å². The summed E-state index contributed by atoms with van der Waals surface area (Å²) >= 11 is 9.16. The van der Waals surface area contributed by atoms with Crippen molar-refractivity contribution < 1.29 is 4.79 Å². The third-order valence-corrected chi connectivity index (χ3v) is 3.52. The predicted molar refractivity (Wildman–Crippen MR) is 83.5 cm³/mol. The van der Waals surface area contributed by atoms with E-state index < -0.39 is 5.91 Å². The van der Waals surface area contributed by atoms with E-state index in [1.54, 1.807) is 6.07 Å². The van der Waals surface area contributed by atoms with Crippen LogP contribution < -0.4 is 5.32 Å². The summed E-state index contributed by atoms with van der Waals surface area (Å²) in [5.74, 6) is -0.271. The topological polar surface area (TPSA) is 80.7 Å². The van der Waals surface area contributed by atoms with Crippen LogP contribution in [-0.4, -0.2) is 26.1 Å². The smallest absolute Gasteiger partial charge is 0.261 e. The standard InChI is InChI=1S/C13H13BrClN5O/c1-3-9-10(4-2)19-20-13(17-9)18-12(21)8-5-7(14)6-16-11(8)15/h5-6H,3-4H2,1-2H3,(H,17,18,20,21). The first kappa shape index (κ1) is 15.8. The van der Waals surface area contributed by atoms with Crippen molar-refractivity contribution in [3.05, 3.63) is 38.8 Å². The fraction of sp³-hybridized carbons (Fsp3) is 0.308. The quantitative estimate of drug-likeness (QED) is 0.837. The Morgan fingerprint density at radius 1 is 1.29 bits per heavy atom. The molecule has 0 bridgehead atoms. The third-order valence-electron chi connectivity index (χ3n) is 2.78. The summed E-state index contributed by atoms with van der Waals surface area (Å²) in [4.78, 5) is 20.4. The highest BCUT2D eigenvalue weighted by Crippen LogP contribution is 2.19. The SMILES string of the molecule is CCc1nnc(NC(=O)c2cc(Br)cnc2Cl)nc1CC. The van der Waals surface area contributed by atoms with E-state index in [1.807, 2.05) is 13.8 Å². The second-order valence-electron chi connectivity index (χ2n) is 4.18. The van der Waals surface area contributed by atoms with Crippen molar-refractivity contribution in [1.29, 1.82) is 0 Å². The average Bonchev–Trinajstić information content (AvgIpc) is 2.49. The lowest BCUT2D eigenvalue weighted by molar-refractivity contribution is 0.102. The summed E-state index contributed by atoms with van der Waals surface area (Å²) in [5, 5.41) is 10.7. The lowest BCUT2D eigenvalue weighted by atomic mass is 10.2. The minimum atomic E-state index is -0.429. The molecule has 21 heavy (non-hydrogen) atoms. The number of nitrogens with one attached hydrogen (secondary N) is 1. The molecule has 110 valence electrons. The van der Waals surface area contributed by atoms with Gasteiger partial charge in [0.25, 0.3) is 5.91 Å². The van der Waals surface area contributed by atoms with E-state index in [0.29, 0.717) is 4.47 Å². The van der Waals surface area contributed by atoms with Crippen molar-refractivity contribution >= 4 is 39.4 Å². The van der Waals surface area contributed by atoms with Gasteiger partial charge in [-0.1, -0.05) is 25.4 Å². The second kappa shape index (κ2) is 6.91. The Morgan fingerprint density at radius 2 is 2.00 bits per heavy atom. The van der Waals surface area contributed by atoms with Gasteiger partial charge in [0.2, 0.25) is 5.95 Å². The summed E-state index contributed by atoms with van der Waals surface area (Å²) in [6, 6.07) is 1.58. The molecule has 0 aliphatic rings. The largest absolute Gasteiger partial charge is 0.289 e. The number of nitrogens with zero attached hydrogens (tertiary/aromatic N) is 4. The van der Waals surface area contributed by atoms with Crippen LogP contribution in [0.1, 0.15) is 35.6 Å². The highest BCUT2D eigenvalue weighted by molar-refractivity contribution is 9.10. The van der Waals surface area contributed by atoms with Crippen LogP contribution >= 0.6 is 27.5 Å². The van der Waals surface area contributed by atoms with E-state index in [9.17, 15) is 4.79 Å². The fourth-order valence-electron chi connectivity index (χ4n) is 1.74. The van der Waals surface area contributed by atoms with Crippen LogP contribution in [0.2, 0.25) is 5.15 Å². The maximum absolute atomic E-state index is 12.2. The number of pyridine rings is 1. The normalized spacial score (nSPS) is 10.5. The number of rotatable bonds is 4. The number of halogens is 2. The summed E-state index contributed by atoms with van der Waals surface area (Å²) in [7, 11) is 0. The molecule has 1 amide bonds. The number of aromatic nitrogens is 4. The van der Waals surface area contributed by atoms with Gasteiger partial charge < -0.3 is 0 Å². The molecule has 1 N–H and O–H groups in total. The van der Waals surface area contributed by atoms with E-state index in [-0.39, 0.29) is 16.7 Å². The number of hydrogen-bond donors (Lipinski definition) is 1. The zero-order valence-corrected chi connectivity index (χ0v) is 13.9. The zero-order chi connectivity index (χ0) is 15.4. The summed E-state index contributed by atoms with van der Waals surface area (Å²) < 4.78 is 0.659. The molecule has 0 aromatic carbocycles. The molecule has 2 rings (SSSR count). The molecular weight excluding hydrogens is 358 g/mol. The van der Waals surface area contributed by atoms with Gasteiger partial charge in [-0.3, -0.25) is 10.1 Å². The molecule has 0 aliphatic carbocycles. The Labute approximate surface area is 135 Å². The second-order valence-corrected chi connectivity index (χ2v) is 5.46. The van der Waals surface area contributed by atoms with Crippen LogP contribution in [0.4, 0.5) is 5.95 Å². The lowest BCUT2D eigenvalue weighted by Gasteiger charge is -2.07. The third kappa shape index (κ3) is 3.74. The summed E-state index contributed by atoms with van der Waals surface area (Å²) in [6.45, 7) is 3.96. The van der Waals surface area contributed by atoms with Gasteiger partial charge in [-0.2, -0.15) is 0 Å². The van der Waals surface area contributed by atoms with Crippen LogP contribution in [0.5, 0.6) is 0 Å². The maximum Gasteiger partial charge on any atom is 0.261 e. The van der Waals surface area contributed by atoms with Crippen molar-refractivity contribution in [3.63, 3.8) is 0 Å². The maximum atomic E-state index is 12.2. The molecule has 6 nitrogen and oxygen atoms in total. The summed E-state index contributed by atoms with van der Waals surface area (Å²) in [6.07, 6.45) is 2.99. The molecule has 2 aromatic rings. The van der Waals surface area contributed by atoms with Gasteiger partial charge >= 0.3 is 0 Å². The average molecular weight is 371 g/mol. The fourth-order valence-corrected chi connectivity index (χ4v) is 2.26. The summed E-state index contributed by atoms with van der Waals surface area (Å²) in [5.41, 5.74) is 1.89. The van der Waals surface area contributed by atoms with Crippen LogP contribution in [0.3, 0.4) is 0 Å². The molecule has 0 aliphatic heterocycles. The highest BCUT2D eigenvalue weighted by atomic mass is 79.9. The van der Waals surface area contributed by atoms with Crippen LogP contribution in [0.25, 0.3) is 0 Å². The van der Waals surface area contributed by atoms with Crippen molar-refractivity contribution in [2.45, 2.75) is 26.7 Å². The van der Waals surface area contributed by atoms with E-state index in [2.05, 4.69) is 41.4 Å². The Balaban J connectivity index is 2.25. The number of amides is 1. The highest BCUT2D eigenvalue weighted by Gasteiger charge is 2.15. The minimum absolute atomic E-state index is 0.115. The van der Waals surface area contributed by atoms with Crippen LogP contribution in [-0.2, 0) is 12.8 Å². The molecule has 2 aromatic heterocycles. The number of hydrogen-bond acceptors (Lipinski definition) is 5. The van der Waals surface area contributed by atoms with Gasteiger partial charge in [0.1, 0.15) is 5.15 Å². The minimum Gasteiger partial charge on any atom is -0.289 e. The first-order valence-corrected chi connectivity index (χ1v) is 7.57. The Kier molecular flexibility index (Phi) is 5.19. The Bertz CT molecular complexity index is 680. The van der Waals surface area contributed by atoms with E-state index >= 15 is 0 Å². The molecule has 0 saturated heterocycles. The van der Waals surface area contributed by atoms with Gasteiger partial charge in [-0.05, 0) is 34.8 Å². The van der Waals surface area contributed by atoms with Crippen LogP contribution in [0, 0.1) is 0 Å². The van der Waals surface area contributed by atoms with Gasteiger partial charge in [0.15, 0.2) is 0 Å². The number of carbonyl (C=O) groups is 1. The number of aryl methyl sites for hydroxylation is 2. The molecule has 0 spiro atoms. The molecule has 0 radical (unpaired) electrons. The van der Waals surface area contributed by atoms with Gasteiger partial charge in [0, 0.05) is 10.7 Å². The Hall–Kier alpha value is -1.60. The zero-order valence-electron chi connectivity index (χ0n) is 11.5. The van der Waals surface area contributed by atoms with Crippen molar-refractivity contribution in [2.75, 3.05) is 5.32 Å². The number of carbonyl (C=O) groups excluding carboxylic acids is 1. The molecule has 0 fully saturated rings. The lowest BCUT2D eigenvalue weighted by Crippen LogP contribution is -2.17. The predicted octanol–water partition coefficient (Wildman–Crippen LogP) is 3.06. The van der Waals surface area contributed by atoms with Crippen molar-refractivity contribution in [2.24, 2.45) is 0 Å². The van der Waals surface area contributed by atoms with E-state index in [4.69, 9.17) is 11.6 Å². The number of anilines is 1. The molecule has 2 heterocycles. The van der Waals surface area contributed by atoms with Gasteiger partial charge in [0.05, 0.1) is 17.0 Å². The molecule has 0 unspecified atom stereocenters. The van der Waals surface area contributed by atoms with E-state index in [1.165, 1.54) is 6.20 Å². The molecule has 0 atom stereocenters. The molecular formula is C13H13BrClN5O. The van der Waals surface area contributed by atoms with Gasteiger partial charge in [-0.25, -0.2) is 9.97 Å². The van der Waals surface area contributed by atoms with Gasteiger partial charge in [-0.15, -0.1) is 10.2 Å². The van der Waals surface area contributed by atoms with Crippen molar-refractivity contribution in [1.82, 2.24) is 20.2 Å².